The van der Waals surface area contributed by atoms with E-state index in [2.05, 4.69) is 27.6 Å². The molecule has 21 heavy (non-hydrogen) atoms. The Kier molecular flexibility index (Phi) is 5.80. The van der Waals surface area contributed by atoms with Crippen molar-refractivity contribution in [2.45, 2.75) is 56.4 Å². The van der Waals surface area contributed by atoms with Crippen molar-refractivity contribution in [1.82, 2.24) is 4.72 Å². The number of benzene rings is 1. The van der Waals surface area contributed by atoms with E-state index in [1.807, 2.05) is 0 Å². The molecule has 0 aromatic heterocycles. The second-order valence-corrected chi connectivity index (χ2v) is 8.24. The SMILES string of the molecule is CCCC1CCC(NS(=O)(=O)c2ccc(F)cc2Br)CC1. The molecule has 1 N–H and O–H groups in total. The second-order valence-electron chi connectivity index (χ2n) is 5.70. The first-order chi connectivity index (χ1) is 9.92. The van der Waals surface area contributed by atoms with Gasteiger partial charge in [-0.2, -0.15) is 0 Å². The monoisotopic (exact) mass is 377 g/mol. The topological polar surface area (TPSA) is 46.2 Å². The Morgan fingerprint density at radius 2 is 1.95 bits per heavy atom. The van der Waals surface area contributed by atoms with Gasteiger partial charge in [0, 0.05) is 10.5 Å². The van der Waals surface area contributed by atoms with E-state index in [4.69, 9.17) is 0 Å². The molecule has 1 aliphatic carbocycles. The molecule has 1 saturated carbocycles. The van der Waals surface area contributed by atoms with Gasteiger partial charge in [-0.3, -0.25) is 0 Å². The molecular weight excluding hydrogens is 357 g/mol. The second kappa shape index (κ2) is 7.20. The summed E-state index contributed by atoms with van der Waals surface area (Å²) in [4.78, 5) is 0.0968. The van der Waals surface area contributed by atoms with Crippen LogP contribution in [0.15, 0.2) is 27.6 Å². The normalized spacial score (nSPS) is 23.2. The average molecular weight is 378 g/mol. The van der Waals surface area contributed by atoms with Crippen LogP contribution in [-0.2, 0) is 10.0 Å². The lowest BCUT2D eigenvalue weighted by molar-refractivity contribution is 0.297. The maximum Gasteiger partial charge on any atom is 0.241 e. The van der Waals surface area contributed by atoms with Crippen molar-refractivity contribution in [3.05, 3.63) is 28.5 Å². The number of hydrogen-bond acceptors (Lipinski definition) is 2. The summed E-state index contributed by atoms with van der Waals surface area (Å²) in [6.07, 6.45) is 6.31. The van der Waals surface area contributed by atoms with Gasteiger partial charge < -0.3 is 0 Å². The van der Waals surface area contributed by atoms with Crippen molar-refractivity contribution >= 4 is 26.0 Å². The molecule has 0 radical (unpaired) electrons. The molecular formula is C15H21BrFNO2S. The molecule has 0 unspecified atom stereocenters. The molecule has 0 saturated heterocycles. The van der Waals surface area contributed by atoms with E-state index in [1.54, 1.807) is 0 Å². The Bertz CT molecular complexity index is 583. The Morgan fingerprint density at radius 3 is 2.52 bits per heavy atom. The van der Waals surface area contributed by atoms with Crippen LogP contribution in [0.25, 0.3) is 0 Å². The lowest BCUT2D eigenvalue weighted by Crippen LogP contribution is -2.37. The Balaban J connectivity index is 2.02. The van der Waals surface area contributed by atoms with E-state index in [0.717, 1.165) is 37.7 Å². The standard InChI is InChI=1S/C15H21BrFNO2S/c1-2-3-11-4-7-13(8-5-11)18-21(19,20)15-9-6-12(17)10-14(15)16/h6,9-11,13,18H,2-5,7-8H2,1H3. The molecule has 3 nitrogen and oxygen atoms in total. The first-order valence-electron chi connectivity index (χ1n) is 7.39. The van der Waals surface area contributed by atoms with Gasteiger partial charge in [0.2, 0.25) is 10.0 Å². The third kappa shape index (κ3) is 4.50. The summed E-state index contributed by atoms with van der Waals surface area (Å²) >= 11 is 3.12. The predicted molar refractivity (Wildman–Crippen MR) is 85.1 cm³/mol. The molecule has 0 spiro atoms. The molecule has 2 rings (SSSR count). The fourth-order valence-corrected chi connectivity index (χ4v) is 5.31. The predicted octanol–water partition coefficient (Wildman–Crippen LogP) is 4.23. The summed E-state index contributed by atoms with van der Waals surface area (Å²) in [6, 6.07) is 3.62. The molecule has 1 fully saturated rings. The lowest BCUT2D eigenvalue weighted by Gasteiger charge is -2.28. The van der Waals surface area contributed by atoms with Crippen LogP contribution in [0, 0.1) is 11.7 Å². The summed E-state index contributed by atoms with van der Waals surface area (Å²) < 4.78 is 40.8. The van der Waals surface area contributed by atoms with Gasteiger partial charge in [0.05, 0.1) is 4.90 Å². The van der Waals surface area contributed by atoms with Gasteiger partial charge >= 0.3 is 0 Å². The van der Waals surface area contributed by atoms with E-state index >= 15 is 0 Å². The molecule has 0 heterocycles. The fraction of sp³-hybridized carbons (Fsp3) is 0.600. The molecule has 1 aromatic rings. The number of nitrogens with one attached hydrogen (secondary N) is 1. The maximum absolute atomic E-state index is 13.1. The van der Waals surface area contributed by atoms with Crippen LogP contribution in [0.5, 0.6) is 0 Å². The Morgan fingerprint density at radius 1 is 1.29 bits per heavy atom. The number of sulfonamides is 1. The number of halogens is 2. The zero-order valence-corrected chi connectivity index (χ0v) is 14.5. The van der Waals surface area contributed by atoms with Crippen molar-refractivity contribution in [3.63, 3.8) is 0 Å². The number of rotatable bonds is 5. The van der Waals surface area contributed by atoms with Crippen molar-refractivity contribution in [2.75, 3.05) is 0 Å². The van der Waals surface area contributed by atoms with Crippen LogP contribution in [0.1, 0.15) is 45.4 Å². The summed E-state index contributed by atoms with van der Waals surface area (Å²) in [5.41, 5.74) is 0. The van der Waals surface area contributed by atoms with Gasteiger partial charge in [-0.25, -0.2) is 17.5 Å². The van der Waals surface area contributed by atoms with Gasteiger partial charge in [-0.15, -0.1) is 0 Å². The highest BCUT2D eigenvalue weighted by molar-refractivity contribution is 9.10. The zero-order valence-electron chi connectivity index (χ0n) is 12.1. The van der Waals surface area contributed by atoms with Gasteiger partial charge in [0.1, 0.15) is 5.82 Å². The highest BCUT2D eigenvalue weighted by atomic mass is 79.9. The summed E-state index contributed by atoms with van der Waals surface area (Å²) in [5, 5.41) is 0. The molecule has 6 heteroatoms. The van der Waals surface area contributed by atoms with Gasteiger partial charge in [-0.1, -0.05) is 19.8 Å². The molecule has 1 aliphatic rings. The first kappa shape index (κ1) is 16.9. The minimum atomic E-state index is -3.60. The van der Waals surface area contributed by atoms with Crippen LogP contribution >= 0.6 is 15.9 Å². The molecule has 0 bridgehead atoms. The van der Waals surface area contributed by atoms with Crippen LogP contribution in [0.4, 0.5) is 4.39 Å². The third-order valence-corrected chi connectivity index (χ3v) is 6.55. The van der Waals surface area contributed by atoms with Crippen LogP contribution in [-0.4, -0.2) is 14.5 Å². The van der Waals surface area contributed by atoms with Crippen molar-refractivity contribution in [2.24, 2.45) is 5.92 Å². The molecule has 0 aliphatic heterocycles. The van der Waals surface area contributed by atoms with Crippen LogP contribution in [0.3, 0.4) is 0 Å². The zero-order chi connectivity index (χ0) is 15.5. The molecule has 0 amide bonds. The maximum atomic E-state index is 13.1. The molecule has 1 aromatic carbocycles. The van der Waals surface area contributed by atoms with Crippen LogP contribution < -0.4 is 4.72 Å². The minimum absolute atomic E-state index is 0.0138. The fourth-order valence-electron chi connectivity index (χ4n) is 2.95. The van der Waals surface area contributed by atoms with E-state index in [-0.39, 0.29) is 15.4 Å². The van der Waals surface area contributed by atoms with E-state index in [1.165, 1.54) is 25.0 Å². The first-order valence-corrected chi connectivity index (χ1v) is 9.67. The largest absolute Gasteiger partial charge is 0.241 e. The van der Waals surface area contributed by atoms with Gasteiger partial charge in [-0.05, 0) is 65.7 Å². The Hall–Kier alpha value is -0.460. The highest BCUT2D eigenvalue weighted by Crippen LogP contribution is 2.29. The molecule has 0 atom stereocenters. The number of hydrogen-bond donors (Lipinski definition) is 1. The average Bonchev–Trinajstić information content (AvgIpc) is 2.40. The summed E-state index contributed by atoms with van der Waals surface area (Å²) in [6.45, 7) is 2.18. The minimum Gasteiger partial charge on any atom is -0.208 e. The van der Waals surface area contributed by atoms with E-state index < -0.39 is 15.8 Å². The van der Waals surface area contributed by atoms with Crippen molar-refractivity contribution in [1.29, 1.82) is 0 Å². The highest BCUT2D eigenvalue weighted by Gasteiger charge is 2.26. The smallest absolute Gasteiger partial charge is 0.208 e. The van der Waals surface area contributed by atoms with E-state index in [9.17, 15) is 12.8 Å². The van der Waals surface area contributed by atoms with Gasteiger partial charge in [0.25, 0.3) is 0 Å². The molecule has 118 valence electrons. The van der Waals surface area contributed by atoms with Gasteiger partial charge in [0.15, 0.2) is 0 Å². The lowest BCUT2D eigenvalue weighted by atomic mass is 9.84. The van der Waals surface area contributed by atoms with Crippen molar-refractivity contribution in [3.8, 4) is 0 Å². The van der Waals surface area contributed by atoms with E-state index in [0.29, 0.717) is 0 Å². The van der Waals surface area contributed by atoms with Crippen LogP contribution in [0.2, 0.25) is 0 Å². The quantitative estimate of drug-likeness (QED) is 0.834. The third-order valence-electron chi connectivity index (χ3n) is 4.05. The summed E-state index contributed by atoms with van der Waals surface area (Å²) in [7, 11) is -3.60. The Labute approximate surface area is 134 Å². The van der Waals surface area contributed by atoms with Crippen molar-refractivity contribution < 1.29 is 12.8 Å². The summed E-state index contributed by atoms with van der Waals surface area (Å²) in [5.74, 6) is 0.272.